The van der Waals surface area contributed by atoms with Gasteiger partial charge in [-0.1, -0.05) is 49.1 Å². The molecule has 2 aromatic carbocycles. The van der Waals surface area contributed by atoms with Crippen LogP contribution >= 0.6 is 11.3 Å². The Kier molecular flexibility index (Phi) is 8.48. The van der Waals surface area contributed by atoms with Gasteiger partial charge in [-0.25, -0.2) is 9.79 Å². The lowest BCUT2D eigenvalue weighted by Gasteiger charge is -2.24. The average molecular weight is 535 g/mol. The number of hydrogen-bond donors (Lipinski definition) is 0. The maximum atomic E-state index is 13.8. The van der Waals surface area contributed by atoms with Crippen molar-refractivity contribution < 1.29 is 23.7 Å². The summed E-state index contributed by atoms with van der Waals surface area (Å²) >= 11 is 1.26. The van der Waals surface area contributed by atoms with Crippen molar-refractivity contribution >= 4 is 23.4 Å². The zero-order chi connectivity index (χ0) is 27.2. The summed E-state index contributed by atoms with van der Waals surface area (Å²) in [5.74, 6) is 1.32. The van der Waals surface area contributed by atoms with E-state index in [1.807, 2.05) is 37.3 Å². The lowest BCUT2D eigenvalue weighted by atomic mass is 9.96. The molecule has 198 valence electrons. The maximum absolute atomic E-state index is 13.8. The summed E-state index contributed by atoms with van der Waals surface area (Å²) in [6.07, 6.45) is 4.17. The van der Waals surface area contributed by atoms with Crippen LogP contribution in [0.15, 0.2) is 76.2 Å². The summed E-state index contributed by atoms with van der Waals surface area (Å²) in [4.78, 5) is 32.1. The average Bonchev–Trinajstić information content (AvgIpc) is 3.23. The molecule has 0 radical (unpaired) electrons. The number of benzene rings is 2. The summed E-state index contributed by atoms with van der Waals surface area (Å²) in [5.41, 5.74) is 2.05. The van der Waals surface area contributed by atoms with Crippen molar-refractivity contribution in [1.29, 1.82) is 0 Å². The van der Waals surface area contributed by atoms with Gasteiger partial charge in [0.15, 0.2) is 16.3 Å². The van der Waals surface area contributed by atoms with Crippen LogP contribution in [0.5, 0.6) is 17.2 Å². The lowest BCUT2D eigenvalue weighted by Crippen LogP contribution is -2.39. The third-order valence-corrected chi connectivity index (χ3v) is 6.93. The van der Waals surface area contributed by atoms with Crippen LogP contribution in [0.25, 0.3) is 6.08 Å². The third kappa shape index (κ3) is 5.43. The molecule has 0 spiro atoms. The number of carbonyl (C=O) groups is 1. The molecule has 1 aliphatic rings. The predicted molar refractivity (Wildman–Crippen MR) is 147 cm³/mol. The van der Waals surface area contributed by atoms with Gasteiger partial charge in [0.25, 0.3) is 5.56 Å². The highest BCUT2D eigenvalue weighted by Crippen LogP contribution is 2.32. The van der Waals surface area contributed by atoms with E-state index < -0.39 is 12.0 Å². The normalized spacial score (nSPS) is 14.9. The van der Waals surface area contributed by atoms with Gasteiger partial charge in [-0.3, -0.25) is 9.36 Å². The van der Waals surface area contributed by atoms with Crippen molar-refractivity contribution in [1.82, 2.24) is 4.57 Å². The molecule has 0 saturated heterocycles. The van der Waals surface area contributed by atoms with Crippen LogP contribution < -0.4 is 29.1 Å². The zero-order valence-electron chi connectivity index (χ0n) is 21.9. The SMILES string of the molecule is C=CCOC(=O)C1=C(C)N=c2sc(=Cc3ccc(OC)c(OC)c3)c(=O)n2C1c1ccc(OCCC)cc1. The predicted octanol–water partition coefficient (Wildman–Crippen LogP) is 3.77. The molecule has 0 N–H and O–H groups in total. The topological polar surface area (TPSA) is 88.4 Å². The number of methoxy groups -OCH3 is 2. The maximum Gasteiger partial charge on any atom is 0.338 e. The van der Waals surface area contributed by atoms with Crippen molar-refractivity contribution in [2.75, 3.05) is 27.4 Å². The molecule has 1 aromatic heterocycles. The molecule has 0 fully saturated rings. The Morgan fingerprint density at radius 2 is 1.87 bits per heavy atom. The van der Waals surface area contributed by atoms with E-state index in [1.54, 1.807) is 43.9 Å². The molecule has 1 unspecified atom stereocenters. The Hall–Kier alpha value is -4.11. The molecule has 4 rings (SSSR count). The van der Waals surface area contributed by atoms with Crippen molar-refractivity contribution in [3.05, 3.63) is 97.2 Å². The van der Waals surface area contributed by atoms with Gasteiger partial charge in [-0.15, -0.1) is 0 Å². The van der Waals surface area contributed by atoms with Crippen LogP contribution in [0.2, 0.25) is 0 Å². The van der Waals surface area contributed by atoms with Crippen LogP contribution in [0.4, 0.5) is 0 Å². The van der Waals surface area contributed by atoms with Crippen molar-refractivity contribution in [3.8, 4) is 17.2 Å². The number of nitrogens with zero attached hydrogens (tertiary/aromatic N) is 2. The molecule has 3 aromatic rings. The largest absolute Gasteiger partial charge is 0.494 e. The zero-order valence-corrected chi connectivity index (χ0v) is 22.7. The quantitative estimate of drug-likeness (QED) is 0.291. The summed E-state index contributed by atoms with van der Waals surface area (Å²) in [5, 5.41) is 0. The van der Waals surface area contributed by atoms with Gasteiger partial charge in [0.1, 0.15) is 12.4 Å². The van der Waals surface area contributed by atoms with Gasteiger partial charge in [-0.2, -0.15) is 0 Å². The number of thiazole rings is 1. The summed E-state index contributed by atoms with van der Waals surface area (Å²) in [6, 6.07) is 12.1. The van der Waals surface area contributed by atoms with E-state index in [2.05, 4.69) is 11.6 Å². The second-order valence-electron chi connectivity index (χ2n) is 8.50. The Balaban J connectivity index is 1.86. The number of rotatable bonds is 10. The number of carbonyl (C=O) groups excluding carboxylic acids is 1. The van der Waals surface area contributed by atoms with Crippen LogP contribution in [0, 0.1) is 0 Å². The van der Waals surface area contributed by atoms with E-state index in [-0.39, 0.29) is 12.2 Å². The molecule has 0 saturated carbocycles. The molecule has 0 aliphatic carbocycles. The van der Waals surface area contributed by atoms with Gasteiger partial charge >= 0.3 is 5.97 Å². The lowest BCUT2D eigenvalue weighted by molar-refractivity contribution is -0.138. The van der Waals surface area contributed by atoms with Gasteiger partial charge in [0.2, 0.25) is 0 Å². The molecule has 38 heavy (non-hydrogen) atoms. The molecule has 0 bridgehead atoms. The molecular formula is C29H30N2O6S. The molecule has 1 atom stereocenters. The van der Waals surface area contributed by atoms with Crippen molar-refractivity contribution in [2.24, 2.45) is 4.99 Å². The standard InChI is InChI=1S/C29H30N2O6S/c1-6-14-36-21-11-9-20(10-12-21)26-25(28(33)37-15-7-2)18(3)30-29-31(26)27(32)24(38-29)17-19-8-13-22(34-4)23(16-19)35-5/h7-13,16-17,26H,2,6,14-15H2,1,3-5H3. The van der Waals surface area contributed by atoms with Crippen LogP contribution in [-0.4, -0.2) is 38.0 Å². The van der Waals surface area contributed by atoms with E-state index in [1.165, 1.54) is 17.4 Å². The monoisotopic (exact) mass is 534 g/mol. The number of ether oxygens (including phenoxy) is 4. The number of allylic oxidation sites excluding steroid dienone is 1. The number of esters is 1. The van der Waals surface area contributed by atoms with Crippen LogP contribution in [0.3, 0.4) is 0 Å². The molecule has 1 aliphatic heterocycles. The van der Waals surface area contributed by atoms with Gasteiger partial charge in [0, 0.05) is 0 Å². The van der Waals surface area contributed by atoms with E-state index in [0.717, 1.165) is 17.5 Å². The van der Waals surface area contributed by atoms with Gasteiger partial charge in [0.05, 0.1) is 42.7 Å². The third-order valence-electron chi connectivity index (χ3n) is 5.95. The minimum Gasteiger partial charge on any atom is -0.494 e. The summed E-state index contributed by atoms with van der Waals surface area (Å²) < 4.78 is 23.9. The smallest absolute Gasteiger partial charge is 0.338 e. The Bertz CT molecular complexity index is 1550. The Morgan fingerprint density at radius 3 is 2.53 bits per heavy atom. The first-order valence-corrected chi connectivity index (χ1v) is 13.0. The fourth-order valence-corrected chi connectivity index (χ4v) is 5.22. The first kappa shape index (κ1) is 26.9. The number of fused-ring (bicyclic) bond motifs is 1. The minimum absolute atomic E-state index is 0.0514. The van der Waals surface area contributed by atoms with Gasteiger partial charge in [-0.05, 0) is 54.8 Å². The highest BCUT2D eigenvalue weighted by atomic mass is 32.1. The Labute approximate surface area is 224 Å². The molecule has 8 nitrogen and oxygen atoms in total. The number of hydrogen-bond acceptors (Lipinski definition) is 8. The highest BCUT2D eigenvalue weighted by Gasteiger charge is 2.33. The first-order chi connectivity index (χ1) is 18.4. The molecular weight excluding hydrogens is 504 g/mol. The Morgan fingerprint density at radius 1 is 1.13 bits per heavy atom. The molecule has 9 heteroatoms. The second kappa shape index (κ2) is 12.0. The fraction of sp³-hybridized carbons (Fsp3) is 0.276. The highest BCUT2D eigenvalue weighted by molar-refractivity contribution is 7.07. The van der Waals surface area contributed by atoms with Crippen molar-refractivity contribution in [3.63, 3.8) is 0 Å². The summed E-state index contributed by atoms with van der Waals surface area (Å²) in [6.45, 7) is 8.06. The summed E-state index contributed by atoms with van der Waals surface area (Å²) in [7, 11) is 3.13. The minimum atomic E-state index is -0.712. The second-order valence-corrected chi connectivity index (χ2v) is 9.51. The van der Waals surface area contributed by atoms with E-state index in [0.29, 0.717) is 44.5 Å². The van der Waals surface area contributed by atoms with Crippen LogP contribution in [-0.2, 0) is 9.53 Å². The first-order valence-electron chi connectivity index (χ1n) is 12.2. The van der Waals surface area contributed by atoms with E-state index >= 15 is 0 Å². The molecule has 2 heterocycles. The molecule has 0 amide bonds. The fourth-order valence-electron chi connectivity index (χ4n) is 4.17. The van der Waals surface area contributed by atoms with Crippen molar-refractivity contribution in [2.45, 2.75) is 26.3 Å². The number of aromatic nitrogens is 1. The van der Waals surface area contributed by atoms with E-state index in [9.17, 15) is 9.59 Å². The van der Waals surface area contributed by atoms with E-state index in [4.69, 9.17) is 18.9 Å². The van der Waals surface area contributed by atoms with Crippen LogP contribution in [0.1, 0.15) is 37.4 Å². The van der Waals surface area contributed by atoms with Gasteiger partial charge < -0.3 is 18.9 Å².